The monoisotopic (exact) mass is 475 g/mol. The maximum atomic E-state index is 12.5. The highest BCUT2D eigenvalue weighted by atomic mass is 32.2. The number of benzene rings is 2. The number of carbonyl (C=O) groups is 1. The molecule has 8 nitrogen and oxygen atoms in total. The quantitative estimate of drug-likeness (QED) is 0.281. The van der Waals surface area contributed by atoms with Crippen LogP contribution in [0.5, 0.6) is 11.5 Å². The topological polar surface area (TPSA) is 94.1 Å². The number of ether oxygens (including phenoxy) is 2. The smallest absolute Gasteiger partial charge is 0.231 e. The molecule has 174 valence electrons. The van der Waals surface area contributed by atoms with Crippen molar-refractivity contribution in [3.8, 4) is 11.5 Å². The minimum atomic E-state index is -0.0788. The van der Waals surface area contributed by atoms with Crippen LogP contribution in [0.3, 0.4) is 0 Å². The van der Waals surface area contributed by atoms with E-state index in [2.05, 4.69) is 46.1 Å². The molecule has 5 rings (SSSR count). The van der Waals surface area contributed by atoms with Gasteiger partial charge in [0.15, 0.2) is 16.7 Å². The van der Waals surface area contributed by atoms with Crippen LogP contribution < -0.4 is 14.8 Å². The van der Waals surface area contributed by atoms with Crippen LogP contribution in [0.1, 0.15) is 22.6 Å². The molecule has 1 aliphatic heterocycles. The Bertz CT molecular complexity index is 1360. The third kappa shape index (κ3) is 4.51. The number of para-hydroxylation sites is 1. The number of aryl methyl sites for hydroxylation is 1. The maximum absolute atomic E-state index is 12.5. The Labute approximate surface area is 201 Å². The Hall–Kier alpha value is -3.72. The number of fused-ring (bicyclic) bond motifs is 2. The fourth-order valence-electron chi connectivity index (χ4n) is 4.02. The van der Waals surface area contributed by atoms with Crippen LogP contribution in [-0.4, -0.2) is 38.2 Å². The van der Waals surface area contributed by atoms with Crippen LogP contribution in [-0.2, 0) is 24.3 Å². The molecule has 9 heteroatoms. The third-order valence-corrected chi connectivity index (χ3v) is 6.69. The van der Waals surface area contributed by atoms with Crippen molar-refractivity contribution in [2.75, 3.05) is 12.5 Å². The van der Waals surface area contributed by atoms with Crippen LogP contribution in [0.2, 0.25) is 0 Å². The number of nitrogens with zero attached hydrogens (tertiary/aromatic N) is 3. The SMILES string of the molecule is C=CCn1c(Cc2c(C)[nH]c3ccccc23)nnc1SCC(=O)NCc1ccc2c(c1)OCO2. The summed E-state index contributed by atoms with van der Waals surface area (Å²) in [6.07, 6.45) is 2.46. The Balaban J connectivity index is 1.24. The number of hydrogen-bond donors (Lipinski definition) is 2. The van der Waals surface area contributed by atoms with Gasteiger partial charge in [0.1, 0.15) is 5.82 Å². The standard InChI is InChI=1S/C25H25N5O3S/c1-3-10-30-23(12-19-16(2)27-20-7-5-4-6-18(19)20)28-29-25(30)34-14-24(31)26-13-17-8-9-21-22(11-17)33-15-32-21/h3-9,11,27H,1,10,12-15H2,2H3,(H,26,31). The first kappa shape index (κ1) is 22.1. The van der Waals surface area contributed by atoms with Gasteiger partial charge in [0, 0.05) is 36.1 Å². The Kier molecular flexibility index (Phi) is 6.27. The zero-order valence-corrected chi connectivity index (χ0v) is 19.7. The number of carbonyl (C=O) groups excluding carboxylic acids is 1. The molecule has 1 amide bonds. The maximum Gasteiger partial charge on any atom is 0.231 e. The summed E-state index contributed by atoms with van der Waals surface area (Å²) in [5.74, 6) is 2.44. The number of amides is 1. The molecule has 2 aromatic heterocycles. The Morgan fingerprint density at radius 1 is 1.24 bits per heavy atom. The van der Waals surface area contributed by atoms with Gasteiger partial charge in [-0.05, 0) is 36.2 Å². The van der Waals surface area contributed by atoms with Crippen molar-refractivity contribution in [1.82, 2.24) is 25.1 Å². The Morgan fingerprint density at radius 2 is 2.09 bits per heavy atom. The number of thioether (sulfide) groups is 1. The van der Waals surface area contributed by atoms with E-state index in [1.165, 1.54) is 22.7 Å². The zero-order valence-electron chi connectivity index (χ0n) is 18.8. The second-order valence-corrected chi connectivity index (χ2v) is 8.94. The van der Waals surface area contributed by atoms with Crippen LogP contribution in [0, 0.1) is 6.92 Å². The van der Waals surface area contributed by atoms with Gasteiger partial charge in [-0.2, -0.15) is 0 Å². The van der Waals surface area contributed by atoms with E-state index in [4.69, 9.17) is 9.47 Å². The van der Waals surface area contributed by atoms with Gasteiger partial charge >= 0.3 is 0 Å². The van der Waals surface area contributed by atoms with Crippen molar-refractivity contribution in [2.45, 2.75) is 31.6 Å². The molecule has 0 atom stereocenters. The largest absolute Gasteiger partial charge is 0.454 e. The molecule has 0 fully saturated rings. The van der Waals surface area contributed by atoms with Gasteiger partial charge in [-0.3, -0.25) is 4.79 Å². The summed E-state index contributed by atoms with van der Waals surface area (Å²) in [6.45, 7) is 7.17. The minimum Gasteiger partial charge on any atom is -0.454 e. The number of allylic oxidation sites excluding steroid dienone is 1. The third-order valence-electron chi connectivity index (χ3n) is 5.73. The number of aromatic amines is 1. The second-order valence-electron chi connectivity index (χ2n) is 8.00. The molecule has 0 saturated carbocycles. The molecule has 0 unspecified atom stereocenters. The summed E-state index contributed by atoms with van der Waals surface area (Å²) >= 11 is 1.37. The normalized spacial score (nSPS) is 12.3. The fourth-order valence-corrected chi connectivity index (χ4v) is 4.82. The molecule has 0 radical (unpaired) electrons. The molecule has 0 saturated heterocycles. The molecule has 0 spiro atoms. The fraction of sp³-hybridized carbons (Fsp3) is 0.240. The van der Waals surface area contributed by atoms with Gasteiger partial charge < -0.3 is 24.3 Å². The minimum absolute atomic E-state index is 0.0788. The van der Waals surface area contributed by atoms with Gasteiger partial charge in [-0.1, -0.05) is 42.1 Å². The first-order valence-corrected chi connectivity index (χ1v) is 12.0. The van der Waals surface area contributed by atoms with Crippen molar-refractivity contribution in [2.24, 2.45) is 0 Å². The first-order valence-electron chi connectivity index (χ1n) is 11.0. The second kappa shape index (κ2) is 9.64. The average molecular weight is 476 g/mol. The number of aromatic nitrogens is 4. The first-order chi connectivity index (χ1) is 16.6. The lowest BCUT2D eigenvalue weighted by Gasteiger charge is -2.09. The molecule has 1 aliphatic rings. The van der Waals surface area contributed by atoms with E-state index < -0.39 is 0 Å². The van der Waals surface area contributed by atoms with Crippen molar-refractivity contribution in [1.29, 1.82) is 0 Å². The van der Waals surface area contributed by atoms with Crippen molar-refractivity contribution in [3.05, 3.63) is 77.8 Å². The summed E-state index contributed by atoms with van der Waals surface area (Å²) in [6, 6.07) is 13.9. The molecule has 4 aromatic rings. The molecule has 34 heavy (non-hydrogen) atoms. The average Bonchev–Trinajstić information content (AvgIpc) is 3.54. The zero-order chi connectivity index (χ0) is 23.5. The van der Waals surface area contributed by atoms with Crippen LogP contribution in [0.25, 0.3) is 10.9 Å². The molecule has 2 aromatic carbocycles. The molecule has 0 bridgehead atoms. The number of H-pyrrole nitrogens is 1. The van der Waals surface area contributed by atoms with Gasteiger partial charge in [0.05, 0.1) is 5.75 Å². The summed E-state index contributed by atoms with van der Waals surface area (Å²) in [5, 5.41) is 13.6. The lowest BCUT2D eigenvalue weighted by Crippen LogP contribution is -2.24. The number of rotatable bonds is 9. The van der Waals surface area contributed by atoms with Crippen LogP contribution >= 0.6 is 11.8 Å². The van der Waals surface area contributed by atoms with E-state index in [9.17, 15) is 4.79 Å². The van der Waals surface area contributed by atoms with Crippen LogP contribution in [0.15, 0.2) is 60.3 Å². The summed E-state index contributed by atoms with van der Waals surface area (Å²) in [4.78, 5) is 15.9. The molecular weight excluding hydrogens is 450 g/mol. The highest BCUT2D eigenvalue weighted by Crippen LogP contribution is 2.32. The summed E-state index contributed by atoms with van der Waals surface area (Å²) in [5.41, 5.74) is 4.38. The van der Waals surface area contributed by atoms with Crippen LogP contribution in [0.4, 0.5) is 0 Å². The predicted octanol–water partition coefficient (Wildman–Crippen LogP) is 3.98. The van der Waals surface area contributed by atoms with E-state index in [-0.39, 0.29) is 18.5 Å². The van der Waals surface area contributed by atoms with E-state index >= 15 is 0 Å². The van der Waals surface area contributed by atoms with Gasteiger partial charge in [0.25, 0.3) is 0 Å². The molecule has 2 N–H and O–H groups in total. The lowest BCUT2D eigenvalue weighted by atomic mass is 10.1. The van der Waals surface area contributed by atoms with Crippen molar-refractivity contribution >= 4 is 28.6 Å². The lowest BCUT2D eigenvalue weighted by molar-refractivity contribution is -0.118. The van der Waals surface area contributed by atoms with E-state index in [0.29, 0.717) is 30.4 Å². The van der Waals surface area contributed by atoms with Gasteiger partial charge in [-0.25, -0.2) is 0 Å². The van der Waals surface area contributed by atoms with Crippen molar-refractivity contribution in [3.63, 3.8) is 0 Å². The molecular formula is C25H25N5O3S. The highest BCUT2D eigenvalue weighted by Gasteiger charge is 2.17. The van der Waals surface area contributed by atoms with Gasteiger partial charge in [-0.15, -0.1) is 16.8 Å². The van der Waals surface area contributed by atoms with Gasteiger partial charge in [0.2, 0.25) is 12.7 Å². The van der Waals surface area contributed by atoms with E-state index in [1.807, 2.05) is 41.0 Å². The predicted molar refractivity (Wildman–Crippen MR) is 131 cm³/mol. The van der Waals surface area contributed by atoms with E-state index in [0.717, 1.165) is 28.3 Å². The van der Waals surface area contributed by atoms with Crippen molar-refractivity contribution < 1.29 is 14.3 Å². The summed E-state index contributed by atoms with van der Waals surface area (Å²) in [7, 11) is 0. The summed E-state index contributed by atoms with van der Waals surface area (Å²) < 4.78 is 12.7. The molecule has 0 aliphatic carbocycles. The molecule has 3 heterocycles. The number of hydrogen-bond acceptors (Lipinski definition) is 6. The van der Waals surface area contributed by atoms with E-state index in [1.54, 1.807) is 0 Å². The number of nitrogens with one attached hydrogen (secondary N) is 2. The highest BCUT2D eigenvalue weighted by molar-refractivity contribution is 7.99. The Morgan fingerprint density at radius 3 is 2.97 bits per heavy atom.